The third kappa shape index (κ3) is 2.63. The second-order valence-corrected chi connectivity index (χ2v) is 11.2. The molecule has 3 aromatic carbocycles. The van der Waals surface area contributed by atoms with Gasteiger partial charge in [0.25, 0.3) is 0 Å². The molecule has 0 aliphatic heterocycles. The molecule has 0 atom stereocenters. The maximum absolute atomic E-state index is 11.0. The van der Waals surface area contributed by atoms with Gasteiger partial charge in [-0.2, -0.15) is 0 Å². The fourth-order valence-corrected chi connectivity index (χ4v) is 7.05. The van der Waals surface area contributed by atoms with E-state index < -0.39 is 0 Å². The van der Waals surface area contributed by atoms with Crippen molar-refractivity contribution in [3.8, 4) is 22.6 Å². The Balaban J connectivity index is 1.92. The SMILES string of the molecule is CC1(C)CC(C)(C)CC2(C1)c1ccccc1-c1c2cc(O)c2cc(S)c(O)cc12. The van der Waals surface area contributed by atoms with Crippen LogP contribution in [0.3, 0.4) is 0 Å². The highest BCUT2D eigenvalue weighted by Crippen LogP contribution is 2.64. The van der Waals surface area contributed by atoms with Gasteiger partial charge in [0.15, 0.2) is 0 Å². The van der Waals surface area contributed by atoms with Gasteiger partial charge in [-0.25, -0.2) is 0 Å². The van der Waals surface area contributed by atoms with Crippen molar-refractivity contribution in [2.75, 3.05) is 0 Å². The average Bonchev–Trinajstić information content (AvgIpc) is 2.84. The highest BCUT2D eigenvalue weighted by Gasteiger charge is 2.53. The molecule has 2 N–H and O–H groups in total. The summed E-state index contributed by atoms with van der Waals surface area (Å²) in [4.78, 5) is 0.480. The minimum atomic E-state index is -0.127. The van der Waals surface area contributed by atoms with Gasteiger partial charge < -0.3 is 10.2 Å². The number of fused-ring (bicyclic) bond motifs is 7. The van der Waals surface area contributed by atoms with E-state index in [1.54, 1.807) is 12.1 Å². The van der Waals surface area contributed by atoms with E-state index in [4.69, 9.17) is 0 Å². The average molecular weight is 405 g/mol. The highest BCUT2D eigenvalue weighted by atomic mass is 32.1. The Morgan fingerprint density at radius 1 is 0.759 bits per heavy atom. The van der Waals surface area contributed by atoms with E-state index in [1.165, 1.54) is 23.1 Å². The Hall–Kier alpha value is -2.13. The molecule has 150 valence electrons. The van der Waals surface area contributed by atoms with Crippen molar-refractivity contribution in [2.45, 2.75) is 57.3 Å². The lowest BCUT2D eigenvalue weighted by Crippen LogP contribution is -2.43. The molecular weight excluding hydrogens is 376 g/mol. The number of aromatic hydroxyl groups is 2. The molecule has 0 saturated heterocycles. The zero-order valence-corrected chi connectivity index (χ0v) is 18.4. The number of rotatable bonds is 0. The first-order valence-electron chi connectivity index (χ1n) is 10.4. The molecule has 0 bridgehead atoms. The zero-order chi connectivity index (χ0) is 20.8. The molecule has 2 aliphatic rings. The number of hydrogen-bond donors (Lipinski definition) is 3. The second-order valence-electron chi connectivity index (χ2n) is 10.7. The zero-order valence-electron chi connectivity index (χ0n) is 17.5. The lowest BCUT2D eigenvalue weighted by molar-refractivity contribution is 0.0645. The molecule has 1 spiro atoms. The van der Waals surface area contributed by atoms with Gasteiger partial charge >= 0.3 is 0 Å². The number of phenols is 2. The van der Waals surface area contributed by atoms with Gasteiger partial charge in [-0.1, -0.05) is 52.0 Å². The number of hydrogen-bond acceptors (Lipinski definition) is 3. The van der Waals surface area contributed by atoms with Crippen LogP contribution in [0, 0.1) is 10.8 Å². The first-order valence-corrected chi connectivity index (χ1v) is 10.8. The molecule has 2 aliphatic carbocycles. The van der Waals surface area contributed by atoms with E-state index in [2.05, 4.69) is 64.6 Å². The Bertz CT molecular complexity index is 1160. The van der Waals surface area contributed by atoms with Crippen LogP contribution < -0.4 is 0 Å². The summed E-state index contributed by atoms with van der Waals surface area (Å²) in [6.45, 7) is 9.48. The monoisotopic (exact) mass is 404 g/mol. The first kappa shape index (κ1) is 18.9. The molecule has 0 radical (unpaired) electrons. The minimum Gasteiger partial charge on any atom is -0.507 e. The largest absolute Gasteiger partial charge is 0.507 e. The summed E-state index contributed by atoms with van der Waals surface area (Å²) in [5, 5.41) is 23.0. The molecule has 1 fully saturated rings. The van der Waals surface area contributed by atoms with Crippen molar-refractivity contribution in [3.05, 3.63) is 53.6 Å². The van der Waals surface area contributed by atoms with Gasteiger partial charge in [-0.05, 0) is 75.9 Å². The van der Waals surface area contributed by atoms with Crippen LogP contribution in [0.1, 0.15) is 58.1 Å². The van der Waals surface area contributed by atoms with Crippen LogP contribution in [0.15, 0.2) is 47.4 Å². The van der Waals surface area contributed by atoms with Crippen LogP contribution in [0.4, 0.5) is 0 Å². The summed E-state index contributed by atoms with van der Waals surface area (Å²) in [6.07, 6.45) is 3.28. The summed E-state index contributed by atoms with van der Waals surface area (Å²) in [6, 6.07) is 14.2. The smallest absolute Gasteiger partial charge is 0.129 e. The van der Waals surface area contributed by atoms with Crippen LogP contribution in [-0.2, 0) is 5.41 Å². The third-order valence-corrected chi connectivity index (χ3v) is 7.31. The predicted molar refractivity (Wildman–Crippen MR) is 122 cm³/mol. The van der Waals surface area contributed by atoms with Gasteiger partial charge in [0.1, 0.15) is 11.5 Å². The first-order chi connectivity index (χ1) is 13.5. The Morgan fingerprint density at radius 3 is 2.10 bits per heavy atom. The number of phenolic OH excluding ortho intramolecular Hbond substituents is 2. The van der Waals surface area contributed by atoms with Crippen LogP contribution in [0.5, 0.6) is 11.5 Å². The normalized spacial score (nSPS) is 20.6. The Labute approximate surface area is 178 Å². The van der Waals surface area contributed by atoms with Gasteiger partial charge in [0, 0.05) is 15.7 Å². The van der Waals surface area contributed by atoms with E-state index in [0.717, 1.165) is 29.2 Å². The maximum Gasteiger partial charge on any atom is 0.129 e. The molecule has 3 aromatic rings. The molecule has 29 heavy (non-hydrogen) atoms. The van der Waals surface area contributed by atoms with Crippen molar-refractivity contribution >= 4 is 23.4 Å². The predicted octanol–water partition coefficient (Wildman–Crippen LogP) is 7.04. The molecule has 3 heteroatoms. The van der Waals surface area contributed by atoms with E-state index in [1.807, 2.05) is 6.07 Å². The quantitative estimate of drug-likeness (QED) is 0.352. The Kier molecular flexibility index (Phi) is 3.72. The van der Waals surface area contributed by atoms with Gasteiger partial charge in [-0.3, -0.25) is 0 Å². The van der Waals surface area contributed by atoms with E-state index in [0.29, 0.717) is 4.90 Å². The van der Waals surface area contributed by atoms with Crippen LogP contribution in [-0.4, -0.2) is 10.2 Å². The topological polar surface area (TPSA) is 40.5 Å². The van der Waals surface area contributed by atoms with E-state index in [9.17, 15) is 10.2 Å². The molecular formula is C26H28O2S. The summed E-state index contributed by atoms with van der Waals surface area (Å²) < 4.78 is 0. The fourth-order valence-electron chi connectivity index (χ4n) is 6.86. The standard InChI is InChI=1S/C26H28O2S/c1-24(2)12-25(3,4)14-26(13-24)18-8-6-5-7-15(18)23-17-9-21(28)22(29)10-16(17)20(27)11-19(23)26/h5-11,27-29H,12-14H2,1-4H3. The lowest BCUT2D eigenvalue weighted by atomic mass is 9.52. The van der Waals surface area contributed by atoms with Crippen molar-refractivity contribution in [2.24, 2.45) is 10.8 Å². The summed E-state index contributed by atoms with van der Waals surface area (Å²) in [7, 11) is 0. The fraction of sp³-hybridized carbons (Fsp3) is 0.385. The van der Waals surface area contributed by atoms with Gasteiger partial charge in [-0.15, -0.1) is 12.6 Å². The van der Waals surface area contributed by atoms with Crippen LogP contribution in [0.25, 0.3) is 21.9 Å². The van der Waals surface area contributed by atoms with Crippen LogP contribution >= 0.6 is 12.6 Å². The molecule has 0 aromatic heterocycles. The molecule has 0 heterocycles. The third-order valence-electron chi connectivity index (χ3n) is 6.96. The van der Waals surface area contributed by atoms with Crippen LogP contribution in [0.2, 0.25) is 0 Å². The second kappa shape index (κ2) is 5.72. The summed E-state index contributed by atoms with van der Waals surface area (Å²) in [5.41, 5.74) is 5.21. The summed E-state index contributed by atoms with van der Waals surface area (Å²) in [5.74, 6) is 0.416. The van der Waals surface area contributed by atoms with Crippen molar-refractivity contribution in [3.63, 3.8) is 0 Å². The van der Waals surface area contributed by atoms with E-state index in [-0.39, 0.29) is 27.7 Å². The van der Waals surface area contributed by atoms with Gasteiger partial charge in [0.2, 0.25) is 0 Å². The lowest BCUT2D eigenvalue weighted by Gasteiger charge is -2.51. The van der Waals surface area contributed by atoms with Crippen molar-refractivity contribution in [1.82, 2.24) is 0 Å². The molecule has 0 unspecified atom stereocenters. The van der Waals surface area contributed by atoms with E-state index >= 15 is 0 Å². The van der Waals surface area contributed by atoms with Crippen molar-refractivity contribution in [1.29, 1.82) is 0 Å². The number of thiol groups is 1. The molecule has 5 rings (SSSR count). The molecule has 2 nitrogen and oxygen atoms in total. The van der Waals surface area contributed by atoms with Crippen molar-refractivity contribution < 1.29 is 10.2 Å². The number of benzene rings is 3. The van der Waals surface area contributed by atoms with Gasteiger partial charge in [0.05, 0.1) is 0 Å². The minimum absolute atomic E-state index is 0.127. The Morgan fingerprint density at radius 2 is 1.41 bits per heavy atom. The molecule has 1 saturated carbocycles. The summed E-state index contributed by atoms with van der Waals surface area (Å²) >= 11 is 4.36. The maximum atomic E-state index is 11.0. The highest BCUT2D eigenvalue weighted by molar-refractivity contribution is 7.80. The molecule has 0 amide bonds.